The Kier molecular flexibility index (Phi) is 5.15. The Labute approximate surface area is 150 Å². The molecule has 1 aromatic heterocycles. The molecule has 0 atom stereocenters. The van der Waals surface area contributed by atoms with Gasteiger partial charge in [-0.1, -0.05) is 11.6 Å². The van der Waals surface area contributed by atoms with Gasteiger partial charge in [-0.3, -0.25) is 4.79 Å². The number of carbonyl (C=O) groups is 1. The van der Waals surface area contributed by atoms with Crippen LogP contribution in [0.2, 0.25) is 5.02 Å². The predicted octanol–water partition coefficient (Wildman–Crippen LogP) is 3.60. The van der Waals surface area contributed by atoms with Crippen LogP contribution in [0.1, 0.15) is 18.4 Å². The highest BCUT2D eigenvalue weighted by molar-refractivity contribution is 6.31. The van der Waals surface area contributed by atoms with Crippen molar-refractivity contribution in [2.75, 3.05) is 23.3 Å². The number of hydrogen-bond donors (Lipinski definition) is 1. The summed E-state index contributed by atoms with van der Waals surface area (Å²) in [6.45, 7) is 1.29. The quantitative estimate of drug-likeness (QED) is 0.910. The zero-order valence-corrected chi connectivity index (χ0v) is 14.1. The molecule has 0 unspecified atom stereocenters. The second-order valence-corrected chi connectivity index (χ2v) is 6.27. The van der Waals surface area contributed by atoms with Gasteiger partial charge in [-0.05, 0) is 43.2 Å². The number of halogens is 2. The summed E-state index contributed by atoms with van der Waals surface area (Å²) in [5.41, 5.74) is 1.02. The molecular formula is C18H16ClFN4O. The van der Waals surface area contributed by atoms with Gasteiger partial charge in [0.2, 0.25) is 5.91 Å². The molecule has 1 N–H and O–H groups in total. The normalized spacial score (nSPS) is 14.8. The molecule has 1 fully saturated rings. The third-order valence-electron chi connectivity index (χ3n) is 4.26. The van der Waals surface area contributed by atoms with Crippen molar-refractivity contribution in [1.82, 2.24) is 4.98 Å². The molecule has 0 bridgehead atoms. The first-order valence-electron chi connectivity index (χ1n) is 7.94. The lowest BCUT2D eigenvalue weighted by atomic mass is 9.95. The lowest BCUT2D eigenvalue weighted by Gasteiger charge is -2.32. The van der Waals surface area contributed by atoms with Gasteiger partial charge in [0.25, 0.3) is 0 Å². The fraction of sp³-hybridized carbons (Fsp3) is 0.278. The molecule has 128 valence electrons. The van der Waals surface area contributed by atoms with Gasteiger partial charge in [0.15, 0.2) is 0 Å². The second kappa shape index (κ2) is 7.49. The minimum absolute atomic E-state index is 0.0215. The van der Waals surface area contributed by atoms with Crippen LogP contribution >= 0.6 is 11.6 Å². The van der Waals surface area contributed by atoms with E-state index < -0.39 is 5.82 Å². The van der Waals surface area contributed by atoms with E-state index in [1.165, 1.54) is 18.2 Å². The largest absolute Gasteiger partial charge is 0.355 e. The van der Waals surface area contributed by atoms with E-state index >= 15 is 0 Å². The summed E-state index contributed by atoms with van der Waals surface area (Å²) in [4.78, 5) is 18.7. The number of nitriles is 1. The fourth-order valence-electron chi connectivity index (χ4n) is 2.91. The maximum Gasteiger partial charge on any atom is 0.227 e. The highest BCUT2D eigenvalue weighted by Gasteiger charge is 2.26. The van der Waals surface area contributed by atoms with Gasteiger partial charge in [0, 0.05) is 30.9 Å². The van der Waals surface area contributed by atoms with E-state index in [-0.39, 0.29) is 16.8 Å². The Balaban J connectivity index is 1.61. The number of amides is 1. The molecule has 2 heterocycles. The van der Waals surface area contributed by atoms with Gasteiger partial charge in [0.1, 0.15) is 17.7 Å². The van der Waals surface area contributed by atoms with Gasteiger partial charge in [-0.15, -0.1) is 0 Å². The van der Waals surface area contributed by atoms with E-state index in [1.54, 1.807) is 18.3 Å². The zero-order chi connectivity index (χ0) is 17.8. The number of piperidine rings is 1. The third kappa shape index (κ3) is 3.89. The predicted molar refractivity (Wildman–Crippen MR) is 93.9 cm³/mol. The van der Waals surface area contributed by atoms with Crippen molar-refractivity contribution in [2.45, 2.75) is 12.8 Å². The molecule has 1 saturated heterocycles. The van der Waals surface area contributed by atoms with Crippen molar-refractivity contribution in [3.8, 4) is 6.07 Å². The number of hydrogen-bond acceptors (Lipinski definition) is 4. The van der Waals surface area contributed by atoms with E-state index in [1.807, 2.05) is 4.90 Å². The summed E-state index contributed by atoms with van der Waals surface area (Å²) in [5.74, 6) is -0.107. The summed E-state index contributed by atoms with van der Waals surface area (Å²) in [6.07, 6.45) is 2.97. The molecule has 0 spiro atoms. The summed E-state index contributed by atoms with van der Waals surface area (Å²) >= 11 is 5.73. The molecule has 3 rings (SSSR count). The van der Waals surface area contributed by atoms with E-state index in [9.17, 15) is 14.4 Å². The number of benzene rings is 1. The summed E-state index contributed by atoms with van der Waals surface area (Å²) in [5, 5.41) is 11.9. The number of anilines is 2. The molecule has 7 heteroatoms. The van der Waals surface area contributed by atoms with Crippen LogP contribution in [0, 0.1) is 23.1 Å². The number of aromatic nitrogens is 1. The van der Waals surface area contributed by atoms with Crippen molar-refractivity contribution in [3.63, 3.8) is 0 Å². The Morgan fingerprint density at radius 2 is 2.12 bits per heavy atom. The SMILES string of the molecule is N#Cc1cccnc1N1CCC(C(=O)Nc2ccc(F)c(Cl)c2)CC1. The van der Waals surface area contributed by atoms with Gasteiger partial charge in [0.05, 0.1) is 10.6 Å². The first-order chi connectivity index (χ1) is 12.1. The number of nitrogens with one attached hydrogen (secondary N) is 1. The highest BCUT2D eigenvalue weighted by Crippen LogP contribution is 2.26. The third-order valence-corrected chi connectivity index (χ3v) is 4.55. The van der Waals surface area contributed by atoms with Crippen molar-refractivity contribution in [1.29, 1.82) is 5.26 Å². The molecular weight excluding hydrogens is 343 g/mol. The number of carbonyl (C=O) groups excluding carboxylic acids is 1. The molecule has 0 aliphatic carbocycles. The highest BCUT2D eigenvalue weighted by atomic mass is 35.5. The van der Waals surface area contributed by atoms with Crippen LogP contribution in [0.15, 0.2) is 36.5 Å². The van der Waals surface area contributed by atoms with E-state index in [0.29, 0.717) is 43.0 Å². The maximum atomic E-state index is 13.2. The smallest absolute Gasteiger partial charge is 0.227 e. The van der Waals surface area contributed by atoms with Crippen molar-refractivity contribution < 1.29 is 9.18 Å². The fourth-order valence-corrected chi connectivity index (χ4v) is 3.09. The molecule has 25 heavy (non-hydrogen) atoms. The molecule has 1 aliphatic heterocycles. The Morgan fingerprint density at radius 3 is 2.80 bits per heavy atom. The molecule has 1 amide bonds. The molecule has 2 aromatic rings. The summed E-state index contributed by atoms with van der Waals surface area (Å²) in [7, 11) is 0. The monoisotopic (exact) mass is 358 g/mol. The summed E-state index contributed by atoms with van der Waals surface area (Å²) < 4.78 is 13.2. The van der Waals surface area contributed by atoms with E-state index in [0.717, 1.165) is 0 Å². The van der Waals surface area contributed by atoms with Crippen LogP contribution in [-0.2, 0) is 4.79 Å². The second-order valence-electron chi connectivity index (χ2n) is 5.87. The molecule has 0 saturated carbocycles. The van der Waals surface area contributed by atoms with Gasteiger partial charge in [-0.25, -0.2) is 9.37 Å². The van der Waals surface area contributed by atoms with Gasteiger partial charge >= 0.3 is 0 Å². The van der Waals surface area contributed by atoms with Crippen molar-refractivity contribution >= 4 is 29.0 Å². The topological polar surface area (TPSA) is 69.0 Å². The Hall–Kier alpha value is -2.65. The first kappa shape index (κ1) is 17.2. The molecule has 1 aliphatic rings. The Bertz CT molecular complexity index is 828. The van der Waals surface area contributed by atoms with Crippen molar-refractivity contribution in [3.05, 3.63) is 52.9 Å². The average Bonchev–Trinajstić information content (AvgIpc) is 2.65. The minimum atomic E-state index is -0.517. The van der Waals surface area contributed by atoms with Crippen LogP contribution in [0.25, 0.3) is 0 Å². The molecule has 0 radical (unpaired) electrons. The standard InChI is InChI=1S/C18H16ClFN4O/c19-15-10-14(3-4-16(15)20)23-18(25)12-5-8-24(9-6-12)17-13(11-21)2-1-7-22-17/h1-4,7,10,12H,5-6,8-9H2,(H,23,25). The zero-order valence-electron chi connectivity index (χ0n) is 13.4. The van der Waals surface area contributed by atoms with Crippen LogP contribution in [-0.4, -0.2) is 24.0 Å². The summed E-state index contributed by atoms with van der Waals surface area (Å²) in [6, 6.07) is 9.72. The maximum absolute atomic E-state index is 13.2. The van der Waals surface area contributed by atoms with Crippen LogP contribution in [0.5, 0.6) is 0 Å². The van der Waals surface area contributed by atoms with Gasteiger partial charge < -0.3 is 10.2 Å². The van der Waals surface area contributed by atoms with Crippen molar-refractivity contribution in [2.24, 2.45) is 5.92 Å². The van der Waals surface area contributed by atoms with Crippen LogP contribution < -0.4 is 10.2 Å². The minimum Gasteiger partial charge on any atom is -0.355 e. The Morgan fingerprint density at radius 1 is 1.36 bits per heavy atom. The van der Waals surface area contributed by atoms with E-state index in [2.05, 4.69) is 16.4 Å². The van der Waals surface area contributed by atoms with Crippen LogP contribution in [0.4, 0.5) is 15.9 Å². The van der Waals surface area contributed by atoms with Gasteiger partial charge in [-0.2, -0.15) is 5.26 Å². The lowest BCUT2D eigenvalue weighted by molar-refractivity contribution is -0.120. The average molecular weight is 359 g/mol. The lowest BCUT2D eigenvalue weighted by Crippen LogP contribution is -2.38. The molecule has 1 aromatic carbocycles. The first-order valence-corrected chi connectivity index (χ1v) is 8.32. The van der Waals surface area contributed by atoms with Crippen LogP contribution in [0.3, 0.4) is 0 Å². The molecule has 5 nitrogen and oxygen atoms in total. The number of rotatable bonds is 3. The number of nitrogens with zero attached hydrogens (tertiary/aromatic N) is 3. The number of pyridine rings is 1. The van der Waals surface area contributed by atoms with E-state index in [4.69, 9.17) is 11.6 Å².